The summed E-state index contributed by atoms with van der Waals surface area (Å²) in [5.41, 5.74) is 2.42. The lowest BCUT2D eigenvalue weighted by Gasteiger charge is -2.14. The number of para-hydroxylation sites is 1. The SMILES string of the molecule is O=C(c1nnc(-c2cccc(F)c2)o1)N1CCc2ccccc21. The van der Waals surface area contributed by atoms with Crippen LogP contribution in [0.3, 0.4) is 0 Å². The van der Waals surface area contributed by atoms with Crippen LogP contribution in [0.4, 0.5) is 10.1 Å². The lowest BCUT2D eigenvalue weighted by molar-refractivity contribution is 0.0956. The normalized spacial score (nSPS) is 13.2. The minimum absolute atomic E-state index is 0.0963. The first-order valence-corrected chi connectivity index (χ1v) is 7.21. The molecule has 6 heteroatoms. The van der Waals surface area contributed by atoms with Gasteiger partial charge in [0.1, 0.15) is 5.82 Å². The van der Waals surface area contributed by atoms with Crippen molar-refractivity contribution in [2.75, 3.05) is 11.4 Å². The van der Waals surface area contributed by atoms with Crippen LogP contribution in [0.15, 0.2) is 52.9 Å². The molecule has 1 amide bonds. The van der Waals surface area contributed by atoms with Gasteiger partial charge >= 0.3 is 11.8 Å². The van der Waals surface area contributed by atoms with Crippen LogP contribution in [0.5, 0.6) is 0 Å². The molecule has 114 valence electrons. The molecule has 0 aliphatic carbocycles. The minimum Gasteiger partial charge on any atom is -0.412 e. The summed E-state index contributed by atoms with van der Waals surface area (Å²) in [6.07, 6.45) is 0.798. The fraction of sp³-hybridized carbons (Fsp3) is 0.118. The van der Waals surface area contributed by atoms with Crippen molar-refractivity contribution in [2.24, 2.45) is 0 Å². The van der Waals surface area contributed by atoms with E-state index in [1.54, 1.807) is 17.0 Å². The maximum atomic E-state index is 13.3. The molecule has 0 atom stereocenters. The lowest BCUT2D eigenvalue weighted by Crippen LogP contribution is -2.29. The molecule has 3 aromatic rings. The first-order chi connectivity index (χ1) is 11.2. The summed E-state index contributed by atoms with van der Waals surface area (Å²) >= 11 is 0. The predicted octanol–water partition coefficient (Wildman–Crippen LogP) is 3.08. The van der Waals surface area contributed by atoms with Crippen molar-refractivity contribution >= 4 is 11.6 Å². The summed E-state index contributed by atoms with van der Waals surface area (Å²) < 4.78 is 18.7. The number of rotatable bonds is 2. The van der Waals surface area contributed by atoms with Gasteiger partial charge in [0.2, 0.25) is 5.89 Å². The first-order valence-electron chi connectivity index (χ1n) is 7.21. The van der Waals surface area contributed by atoms with Gasteiger partial charge in [0.15, 0.2) is 0 Å². The molecule has 5 nitrogen and oxygen atoms in total. The van der Waals surface area contributed by atoms with E-state index >= 15 is 0 Å². The highest BCUT2D eigenvalue weighted by Crippen LogP contribution is 2.29. The Kier molecular flexibility index (Phi) is 3.15. The molecule has 0 radical (unpaired) electrons. The van der Waals surface area contributed by atoms with Crippen molar-refractivity contribution in [3.63, 3.8) is 0 Å². The maximum absolute atomic E-state index is 13.3. The van der Waals surface area contributed by atoms with Gasteiger partial charge in [0.25, 0.3) is 0 Å². The van der Waals surface area contributed by atoms with Crippen LogP contribution in [-0.2, 0) is 6.42 Å². The number of hydrogen-bond donors (Lipinski definition) is 0. The van der Waals surface area contributed by atoms with Crippen LogP contribution in [0.25, 0.3) is 11.5 Å². The van der Waals surface area contributed by atoms with Crippen molar-refractivity contribution in [2.45, 2.75) is 6.42 Å². The molecular formula is C17H12FN3O2. The zero-order valence-electron chi connectivity index (χ0n) is 12.1. The van der Waals surface area contributed by atoms with Gasteiger partial charge in [-0.15, -0.1) is 10.2 Å². The zero-order valence-corrected chi connectivity index (χ0v) is 12.1. The number of benzene rings is 2. The van der Waals surface area contributed by atoms with Crippen LogP contribution >= 0.6 is 0 Å². The number of fused-ring (bicyclic) bond motifs is 1. The van der Waals surface area contributed by atoms with Gasteiger partial charge in [-0.1, -0.05) is 24.3 Å². The van der Waals surface area contributed by atoms with E-state index in [0.29, 0.717) is 12.1 Å². The predicted molar refractivity (Wildman–Crippen MR) is 81.5 cm³/mol. The van der Waals surface area contributed by atoms with Crippen molar-refractivity contribution in [3.05, 3.63) is 65.8 Å². The van der Waals surface area contributed by atoms with E-state index in [1.165, 1.54) is 12.1 Å². The molecule has 0 N–H and O–H groups in total. The topological polar surface area (TPSA) is 59.2 Å². The van der Waals surface area contributed by atoms with Crippen LogP contribution in [0, 0.1) is 5.82 Å². The van der Waals surface area contributed by atoms with Crippen molar-refractivity contribution in [3.8, 4) is 11.5 Å². The summed E-state index contributed by atoms with van der Waals surface area (Å²) in [5, 5.41) is 7.65. The van der Waals surface area contributed by atoms with Crippen molar-refractivity contribution < 1.29 is 13.6 Å². The zero-order chi connectivity index (χ0) is 15.8. The third-order valence-corrected chi connectivity index (χ3v) is 3.81. The Morgan fingerprint density at radius 3 is 2.87 bits per heavy atom. The van der Waals surface area contributed by atoms with Gasteiger partial charge in [-0.3, -0.25) is 4.79 Å². The molecule has 4 rings (SSSR count). The van der Waals surface area contributed by atoms with Gasteiger partial charge in [-0.2, -0.15) is 0 Å². The summed E-state index contributed by atoms with van der Waals surface area (Å²) in [5.74, 6) is -0.714. The minimum atomic E-state index is -0.401. The Labute approximate surface area is 131 Å². The number of carbonyl (C=O) groups excluding carboxylic acids is 1. The highest BCUT2D eigenvalue weighted by Gasteiger charge is 2.28. The molecule has 0 saturated heterocycles. The second-order valence-corrected chi connectivity index (χ2v) is 5.26. The first kappa shape index (κ1) is 13.6. The molecule has 0 fully saturated rings. The van der Waals surface area contributed by atoms with Gasteiger partial charge in [0.05, 0.1) is 0 Å². The smallest absolute Gasteiger partial charge is 0.315 e. The summed E-state index contributed by atoms with van der Waals surface area (Å²) in [4.78, 5) is 14.2. The van der Waals surface area contributed by atoms with E-state index in [4.69, 9.17) is 4.42 Å². The van der Waals surface area contributed by atoms with E-state index in [1.807, 2.05) is 24.3 Å². The fourth-order valence-corrected chi connectivity index (χ4v) is 2.71. The molecule has 1 aliphatic rings. The Bertz CT molecular complexity index is 891. The van der Waals surface area contributed by atoms with E-state index in [9.17, 15) is 9.18 Å². The molecule has 2 heterocycles. The van der Waals surface area contributed by atoms with Crippen LogP contribution in [0.2, 0.25) is 0 Å². The molecule has 0 unspecified atom stereocenters. The van der Waals surface area contributed by atoms with Crippen LogP contribution < -0.4 is 4.90 Å². The number of aromatic nitrogens is 2. The molecule has 0 spiro atoms. The largest absolute Gasteiger partial charge is 0.412 e. The number of amides is 1. The van der Waals surface area contributed by atoms with Gasteiger partial charge < -0.3 is 9.32 Å². The lowest BCUT2D eigenvalue weighted by atomic mass is 10.2. The van der Waals surface area contributed by atoms with E-state index in [-0.39, 0.29) is 17.7 Å². The second kappa shape index (κ2) is 5.31. The number of nitrogens with zero attached hydrogens (tertiary/aromatic N) is 3. The standard InChI is InChI=1S/C17H12FN3O2/c18-13-6-3-5-12(10-13)15-19-20-16(23-15)17(22)21-9-8-11-4-1-2-7-14(11)21/h1-7,10H,8-9H2. The number of halogens is 1. The highest BCUT2D eigenvalue weighted by atomic mass is 19.1. The summed E-state index contributed by atoms with van der Waals surface area (Å²) in [6.45, 7) is 0.579. The van der Waals surface area contributed by atoms with E-state index in [2.05, 4.69) is 10.2 Å². The molecule has 1 aliphatic heterocycles. The second-order valence-electron chi connectivity index (χ2n) is 5.26. The third-order valence-electron chi connectivity index (χ3n) is 3.81. The summed E-state index contributed by atoms with van der Waals surface area (Å²) in [6, 6.07) is 13.5. The van der Waals surface area contributed by atoms with Crippen molar-refractivity contribution in [1.82, 2.24) is 10.2 Å². The van der Waals surface area contributed by atoms with Crippen LogP contribution in [-0.4, -0.2) is 22.6 Å². The molecular weight excluding hydrogens is 297 g/mol. The Morgan fingerprint density at radius 1 is 1.13 bits per heavy atom. The van der Waals surface area contributed by atoms with E-state index in [0.717, 1.165) is 17.7 Å². The van der Waals surface area contributed by atoms with Gasteiger partial charge in [-0.05, 0) is 36.2 Å². The Balaban J connectivity index is 1.64. The van der Waals surface area contributed by atoms with Gasteiger partial charge in [-0.25, -0.2) is 4.39 Å². The molecule has 23 heavy (non-hydrogen) atoms. The quantitative estimate of drug-likeness (QED) is 0.730. The average Bonchev–Trinajstić information content (AvgIpc) is 3.22. The molecule has 0 bridgehead atoms. The average molecular weight is 309 g/mol. The van der Waals surface area contributed by atoms with Gasteiger partial charge in [0, 0.05) is 17.8 Å². The highest BCUT2D eigenvalue weighted by molar-refractivity contribution is 6.04. The number of anilines is 1. The van der Waals surface area contributed by atoms with E-state index < -0.39 is 5.82 Å². The molecule has 0 saturated carbocycles. The Hall–Kier alpha value is -3.02. The third kappa shape index (κ3) is 2.38. The monoisotopic (exact) mass is 309 g/mol. The molecule has 1 aromatic heterocycles. The number of hydrogen-bond acceptors (Lipinski definition) is 4. The van der Waals surface area contributed by atoms with Crippen molar-refractivity contribution in [1.29, 1.82) is 0 Å². The fourth-order valence-electron chi connectivity index (χ4n) is 2.71. The molecule has 2 aromatic carbocycles. The Morgan fingerprint density at radius 2 is 2.00 bits per heavy atom. The number of carbonyl (C=O) groups is 1. The maximum Gasteiger partial charge on any atom is 0.315 e. The summed E-state index contributed by atoms with van der Waals surface area (Å²) in [7, 11) is 0. The van der Waals surface area contributed by atoms with Crippen LogP contribution in [0.1, 0.15) is 16.2 Å².